The zero-order valence-electron chi connectivity index (χ0n) is 11.3. The van der Waals surface area contributed by atoms with Crippen molar-refractivity contribution in [2.45, 2.75) is 26.2 Å². The third-order valence-corrected chi connectivity index (χ3v) is 3.25. The van der Waals surface area contributed by atoms with Crippen LogP contribution in [0.4, 0.5) is 0 Å². The Labute approximate surface area is 116 Å². The van der Waals surface area contributed by atoms with E-state index in [2.05, 4.69) is 10.1 Å². The molecule has 1 aromatic carbocycles. The first-order chi connectivity index (χ1) is 9.78. The molecule has 20 heavy (non-hydrogen) atoms. The summed E-state index contributed by atoms with van der Waals surface area (Å²) in [6.45, 7) is 2.49. The summed E-state index contributed by atoms with van der Waals surface area (Å²) < 4.78 is 10.7. The fourth-order valence-corrected chi connectivity index (χ4v) is 2.07. The van der Waals surface area contributed by atoms with Crippen molar-refractivity contribution in [1.29, 1.82) is 0 Å². The van der Waals surface area contributed by atoms with Crippen LogP contribution in [0.5, 0.6) is 5.75 Å². The molecule has 0 saturated heterocycles. The van der Waals surface area contributed by atoms with Crippen LogP contribution in [0.25, 0.3) is 11.4 Å². The van der Waals surface area contributed by atoms with Gasteiger partial charge >= 0.3 is 0 Å². The maximum absolute atomic E-state index is 11.7. The van der Waals surface area contributed by atoms with E-state index < -0.39 is 0 Å². The molecule has 0 atom stereocenters. The van der Waals surface area contributed by atoms with Crippen LogP contribution in [0.1, 0.15) is 25.7 Å². The van der Waals surface area contributed by atoms with Crippen LogP contribution in [0.15, 0.2) is 28.8 Å². The molecule has 1 aliphatic rings. The van der Waals surface area contributed by atoms with Crippen LogP contribution in [-0.2, 0) is 11.2 Å². The number of carbonyl (C=O) groups excluding carboxylic acids is 1. The van der Waals surface area contributed by atoms with E-state index in [1.807, 2.05) is 31.2 Å². The lowest BCUT2D eigenvalue weighted by Gasteiger charge is -2.05. The molecule has 0 aliphatic heterocycles. The smallest absolute Gasteiger partial charge is 0.234 e. The highest BCUT2D eigenvalue weighted by atomic mass is 16.5. The van der Waals surface area contributed by atoms with Crippen molar-refractivity contribution < 1.29 is 14.1 Å². The van der Waals surface area contributed by atoms with Crippen molar-refractivity contribution in [2.24, 2.45) is 5.92 Å². The van der Waals surface area contributed by atoms with Crippen molar-refractivity contribution in [3.63, 3.8) is 0 Å². The molecule has 0 N–H and O–H groups in total. The van der Waals surface area contributed by atoms with Crippen LogP contribution in [0.2, 0.25) is 0 Å². The number of nitrogens with zero attached hydrogens (tertiary/aromatic N) is 2. The summed E-state index contributed by atoms with van der Waals surface area (Å²) >= 11 is 0. The Bertz CT molecular complexity index is 617. The van der Waals surface area contributed by atoms with Crippen LogP contribution in [-0.4, -0.2) is 22.5 Å². The van der Waals surface area contributed by atoms with E-state index >= 15 is 0 Å². The minimum absolute atomic E-state index is 0.193. The van der Waals surface area contributed by atoms with Gasteiger partial charge in [0.2, 0.25) is 11.7 Å². The van der Waals surface area contributed by atoms with Gasteiger partial charge in [0.1, 0.15) is 11.5 Å². The lowest BCUT2D eigenvalue weighted by Crippen LogP contribution is -2.04. The van der Waals surface area contributed by atoms with Gasteiger partial charge in [-0.1, -0.05) is 17.3 Å². The highest BCUT2D eigenvalue weighted by Crippen LogP contribution is 2.31. The topological polar surface area (TPSA) is 65.2 Å². The Hall–Kier alpha value is -2.17. The second-order valence-electron chi connectivity index (χ2n) is 4.86. The largest absolute Gasteiger partial charge is 0.493 e. The van der Waals surface area contributed by atoms with Gasteiger partial charge in [0.05, 0.1) is 18.6 Å². The molecule has 1 heterocycles. The Morgan fingerprint density at radius 1 is 1.40 bits per heavy atom. The van der Waals surface area contributed by atoms with Gasteiger partial charge in [0, 0.05) is 5.92 Å². The van der Waals surface area contributed by atoms with Gasteiger partial charge in [-0.3, -0.25) is 4.79 Å². The van der Waals surface area contributed by atoms with Gasteiger partial charge in [0.15, 0.2) is 0 Å². The van der Waals surface area contributed by atoms with E-state index in [-0.39, 0.29) is 18.1 Å². The van der Waals surface area contributed by atoms with E-state index in [4.69, 9.17) is 9.26 Å². The van der Waals surface area contributed by atoms with Gasteiger partial charge in [-0.15, -0.1) is 0 Å². The molecule has 104 valence electrons. The van der Waals surface area contributed by atoms with Crippen molar-refractivity contribution in [1.82, 2.24) is 10.1 Å². The van der Waals surface area contributed by atoms with Gasteiger partial charge in [-0.2, -0.15) is 4.98 Å². The first-order valence-electron chi connectivity index (χ1n) is 6.85. The molecule has 0 unspecified atom stereocenters. The monoisotopic (exact) mass is 272 g/mol. The van der Waals surface area contributed by atoms with Crippen molar-refractivity contribution in [3.05, 3.63) is 30.2 Å². The Kier molecular flexibility index (Phi) is 3.50. The number of rotatable bonds is 6. The lowest BCUT2D eigenvalue weighted by molar-refractivity contribution is -0.119. The normalized spacial score (nSPS) is 14.2. The molecule has 2 aromatic rings. The minimum atomic E-state index is 0.193. The van der Waals surface area contributed by atoms with Crippen molar-refractivity contribution in [2.75, 3.05) is 6.61 Å². The zero-order valence-corrected chi connectivity index (χ0v) is 11.3. The van der Waals surface area contributed by atoms with E-state index in [9.17, 15) is 4.79 Å². The first kappa shape index (κ1) is 12.8. The SMILES string of the molecule is CCOc1ccccc1-c1noc(CC(=O)C2CC2)n1. The highest BCUT2D eigenvalue weighted by Gasteiger charge is 2.30. The molecule has 0 bridgehead atoms. The number of ether oxygens (including phenoxy) is 1. The van der Waals surface area contributed by atoms with Crippen LogP contribution < -0.4 is 4.74 Å². The van der Waals surface area contributed by atoms with E-state index in [0.29, 0.717) is 18.3 Å². The number of benzene rings is 1. The summed E-state index contributed by atoms with van der Waals surface area (Å²) in [5, 5.41) is 3.94. The third kappa shape index (κ3) is 2.71. The summed E-state index contributed by atoms with van der Waals surface area (Å²) in [7, 11) is 0. The number of aromatic nitrogens is 2. The van der Waals surface area contributed by atoms with Crippen LogP contribution >= 0.6 is 0 Å². The maximum atomic E-state index is 11.7. The number of carbonyl (C=O) groups is 1. The van der Waals surface area contributed by atoms with Gasteiger partial charge in [-0.25, -0.2) is 0 Å². The third-order valence-electron chi connectivity index (χ3n) is 3.25. The number of ketones is 1. The average Bonchev–Trinajstić information content (AvgIpc) is 3.21. The summed E-state index contributed by atoms with van der Waals surface area (Å²) in [6, 6.07) is 7.53. The Morgan fingerprint density at radius 3 is 2.95 bits per heavy atom. The second-order valence-corrected chi connectivity index (χ2v) is 4.86. The standard InChI is InChI=1S/C15H16N2O3/c1-2-19-13-6-4-3-5-11(13)15-16-14(20-17-15)9-12(18)10-7-8-10/h3-6,10H,2,7-9H2,1H3. The molecule has 1 aromatic heterocycles. The highest BCUT2D eigenvalue weighted by molar-refractivity contribution is 5.84. The predicted octanol–water partition coefficient (Wildman–Crippen LogP) is 2.66. The molecular formula is C15H16N2O3. The molecule has 0 amide bonds. The number of hydrogen-bond donors (Lipinski definition) is 0. The van der Waals surface area contributed by atoms with E-state index in [0.717, 1.165) is 24.2 Å². The minimum Gasteiger partial charge on any atom is -0.493 e. The number of hydrogen-bond acceptors (Lipinski definition) is 5. The molecule has 5 heteroatoms. The summed E-state index contributed by atoms with van der Waals surface area (Å²) in [4.78, 5) is 16.0. The molecule has 0 radical (unpaired) electrons. The number of para-hydroxylation sites is 1. The van der Waals surface area contributed by atoms with Gasteiger partial charge in [-0.05, 0) is 31.9 Å². The molecule has 1 fully saturated rings. The van der Waals surface area contributed by atoms with E-state index in [1.165, 1.54) is 0 Å². The molecule has 1 aliphatic carbocycles. The quantitative estimate of drug-likeness (QED) is 0.808. The number of Topliss-reactive ketones (excluding diaryl/α,β-unsaturated/α-hetero) is 1. The molecule has 3 rings (SSSR count). The summed E-state index contributed by atoms with van der Waals surface area (Å²) in [6.07, 6.45) is 2.22. The molecule has 5 nitrogen and oxygen atoms in total. The summed E-state index contributed by atoms with van der Waals surface area (Å²) in [5.74, 6) is 1.96. The van der Waals surface area contributed by atoms with E-state index in [1.54, 1.807) is 0 Å². The van der Waals surface area contributed by atoms with Crippen molar-refractivity contribution >= 4 is 5.78 Å². The maximum Gasteiger partial charge on any atom is 0.234 e. The first-order valence-corrected chi connectivity index (χ1v) is 6.85. The molecular weight excluding hydrogens is 256 g/mol. The molecule has 0 spiro atoms. The predicted molar refractivity (Wildman–Crippen MR) is 72.3 cm³/mol. The van der Waals surface area contributed by atoms with Crippen molar-refractivity contribution in [3.8, 4) is 17.1 Å². The Balaban J connectivity index is 1.80. The Morgan fingerprint density at radius 2 is 2.20 bits per heavy atom. The lowest BCUT2D eigenvalue weighted by atomic mass is 10.2. The fourth-order valence-electron chi connectivity index (χ4n) is 2.07. The summed E-state index contributed by atoms with van der Waals surface area (Å²) in [5.41, 5.74) is 0.781. The van der Waals surface area contributed by atoms with Crippen LogP contribution in [0, 0.1) is 5.92 Å². The average molecular weight is 272 g/mol. The van der Waals surface area contributed by atoms with Crippen LogP contribution in [0.3, 0.4) is 0 Å². The van der Waals surface area contributed by atoms with Gasteiger partial charge < -0.3 is 9.26 Å². The molecule has 1 saturated carbocycles. The van der Waals surface area contributed by atoms with Gasteiger partial charge in [0.25, 0.3) is 0 Å². The fraction of sp³-hybridized carbons (Fsp3) is 0.400. The zero-order chi connectivity index (χ0) is 13.9. The second kappa shape index (κ2) is 5.45.